The zero-order valence-electron chi connectivity index (χ0n) is 9.31. The van der Waals surface area contributed by atoms with Crippen molar-refractivity contribution in [2.45, 2.75) is 24.7 Å². The van der Waals surface area contributed by atoms with Crippen molar-refractivity contribution in [1.82, 2.24) is 0 Å². The number of hydrogen-bond acceptors (Lipinski definition) is 3. The molecule has 0 amide bonds. The van der Waals surface area contributed by atoms with Crippen LogP contribution in [0.1, 0.15) is 18.4 Å². The predicted octanol–water partition coefficient (Wildman–Crippen LogP) is 2.05. The standard InChI is InChI=1S/C12H16O3S/c1-10-5-7-12(8-6-10)16(14,15)11(2)4-3-9-13/h5-8,13H,2-4,9H2,1H3. The van der Waals surface area contributed by atoms with Crippen molar-refractivity contribution in [1.29, 1.82) is 0 Å². The van der Waals surface area contributed by atoms with Gasteiger partial charge in [0.25, 0.3) is 0 Å². The molecule has 0 atom stereocenters. The number of hydrogen-bond donors (Lipinski definition) is 1. The highest BCUT2D eigenvalue weighted by Crippen LogP contribution is 2.21. The second-order valence-corrected chi connectivity index (χ2v) is 5.74. The van der Waals surface area contributed by atoms with Crippen LogP contribution in [0.15, 0.2) is 40.6 Å². The Hall–Kier alpha value is -1.13. The molecule has 3 nitrogen and oxygen atoms in total. The fourth-order valence-electron chi connectivity index (χ4n) is 1.29. The molecule has 0 radical (unpaired) electrons. The first-order valence-corrected chi connectivity index (χ1v) is 6.57. The van der Waals surface area contributed by atoms with E-state index >= 15 is 0 Å². The highest BCUT2D eigenvalue weighted by molar-refractivity contribution is 7.95. The van der Waals surface area contributed by atoms with E-state index in [2.05, 4.69) is 6.58 Å². The van der Waals surface area contributed by atoms with Crippen molar-refractivity contribution in [3.05, 3.63) is 41.3 Å². The molecule has 0 aromatic heterocycles. The van der Waals surface area contributed by atoms with Gasteiger partial charge < -0.3 is 5.11 Å². The normalized spacial score (nSPS) is 11.4. The summed E-state index contributed by atoms with van der Waals surface area (Å²) in [6.07, 6.45) is 0.719. The largest absolute Gasteiger partial charge is 0.396 e. The van der Waals surface area contributed by atoms with E-state index in [1.54, 1.807) is 24.3 Å². The zero-order valence-corrected chi connectivity index (χ0v) is 10.1. The average Bonchev–Trinajstić information content (AvgIpc) is 2.26. The Morgan fingerprint density at radius 3 is 2.38 bits per heavy atom. The second kappa shape index (κ2) is 5.27. The molecule has 0 aliphatic rings. The Morgan fingerprint density at radius 1 is 1.31 bits per heavy atom. The Balaban J connectivity index is 2.93. The molecule has 0 heterocycles. The molecule has 1 aromatic rings. The Bertz CT molecular complexity index is 458. The highest BCUT2D eigenvalue weighted by atomic mass is 32.2. The molecule has 4 heteroatoms. The summed E-state index contributed by atoms with van der Waals surface area (Å²) in [7, 11) is -3.43. The summed E-state index contributed by atoms with van der Waals surface area (Å²) in [5.41, 5.74) is 1.01. The number of benzene rings is 1. The van der Waals surface area contributed by atoms with Gasteiger partial charge in [0.1, 0.15) is 0 Å². The van der Waals surface area contributed by atoms with Gasteiger partial charge in [-0.05, 0) is 31.9 Å². The van der Waals surface area contributed by atoms with Crippen molar-refractivity contribution < 1.29 is 13.5 Å². The van der Waals surface area contributed by atoms with E-state index in [9.17, 15) is 8.42 Å². The van der Waals surface area contributed by atoms with Gasteiger partial charge in [-0.25, -0.2) is 8.42 Å². The molecule has 0 aliphatic heterocycles. The summed E-state index contributed by atoms with van der Waals surface area (Å²) in [5.74, 6) is 0. The minimum atomic E-state index is -3.43. The van der Waals surface area contributed by atoms with Gasteiger partial charge in [-0.15, -0.1) is 0 Å². The molecule has 0 fully saturated rings. The van der Waals surface area contributed by atoms with E-state index in [0.29, 0.717) is 12.8 Å². The van der Waals surface area contributed by atoms with Crippen LogP contribution in [0, 0.1) is 6.92 Å². The molecule has 0 saturated carbocycles. The summed E-state index contributed by atoms with van der Waals surface area (Å²) < 4.78 is 23.9. The smallest absolute Gasteiger partial charge is 0.202 e. The van der Waals surface area contributed by atoms with E-state index in [0.717, 1.165) is 5.56 Å². The maximum absolute atomic E-state index is 12.0. The Labute approximate surface area is 96.4 Å². The van der Waals surface area contributed by atoms with Crippen LogP contribution < -0.4 is 0 Å². The molecular weight excluding hydrogens is 224 g/mol. The number of aliphatic hydroxyl groups excluding tert-OH is 1. The van der Waals surface area contributed by atoms with Gasteiger partial charge in [0.05, 0.1) is 4.90 Å². The van der Waals surface area contributed by atoms with Crippen LogP contribution >= 0.6 is 0 Å². The monoisotopic (exact) mass is 240 g/mol. The van der Waals surface area contributed by atoms with E-state index < -0.39 is 9.84 Å². The number of aryl methyl sites for hydroxylation is 1. The lowest BCUT2D eigenvalue weighted by atomic mass is 10.2. The molecule has 0 saturated heterocycles. The summed E-state index contributed by atoms with van der Waals surface area (Å²) in [6.45, 7) is 5.44. The highest BCUT2D eigenvalue weighted by Gasteiger charge is 2.17. The quantitative estimate of drug-likeness (QED) is 0.857. The van der Waals surface area contributed by atoms with Crippen LogP contribution in [0.25, 0.3) is 0 Å². The average molecular weight is 240 g/mol. The van der Waals surface area contributed by atoms with Gasteiger partial charge >= 0.3 is 0 Å². The minimum Gasteiger partial charge on any atom is -0.396 e. The van der Waals surface area contributed by atoms with Crippen LogP contribution in [0.2, 0.25) is 0 Å². The number of allylic oxidation sites excluding steroid dienone is 1. The fourth-order valence-corrected chi connectivity index (χ4v) is 2.54. The van der Waals surface area contributed by atoms with Gasteiger partial charge in [0.15, 0.2) is 0 Å². The molecular formula is C12H16O3S. The van der Waals surface area contributed by atoms with Crippen molar-refractivity contribution in [3.8, 4) is 0 Å². The molecule has 16 heavy (non-hydrogen) atoms. The van der Waals surface area contributed by atoms with E-state index in [1.165, 1.54) is 0 Å². The number of aliphatic hydroxyl groups is 1. The first kappa shape index (κ1) is 12.9. The molecule has 0 aliphatic carbocycles. The lowest BCUT2D eigenvalue weighted by Gasteiger charge is -2.07. The van der Waals surface area contributed by atoms with Crippen molar-refractivity contribution in [2.24, 2.45) is 0 Å². The number of rotatable bonds is 5. The summed E-state index contributed by atoms with van der Waals surface area (Å²) in [5, 5.41) is 8.65. The van der Waals surface area contributed by atoms with Crippen LogP contribution in [0.3, 0.4) is 0 Å². The van der Waals surface area contributed by atoms with Crippen molar-refractivity contribution in [3.63, 3.8) is 0 Å². The summed E-state index contributed by atoms with van der Waals surface area (Å²) in [6, 6.07) is 6.67. The topological polar surface area (TPSA) is 54.4 Å². The molecule has 1 rings (SSSR count). The fraction of sp³-hybridized carbons (Fsp3) is 0.333. The summed E-state index contributed by atoms with van der Waals surface area (Å²) in [4.78, 5) is 0.423. The van der Waals surface area contributed by atoms with Crippen LogP contribution in [-0.4, -0.2) is 20.1 Å². The van der Waals surface area contributed by atoms with Gasteiger partial charge in [0.2, 0.25) is 9.84 Å². The Morgan fingerprint density at radius 2 is 1.88 bits per heavy atom. The molecule has 0 spiro atoms. The lowest BCUT2D eigenvalue weighted by Crippen LogP contribution is -2.04. The predicted molar refractivity (Wildman–Crippen MR) is 63.8 cm³/mol. The number of sulfone groups is 1. The molecule has 1 aromatic carbocycles. The Kier molecular flexibility index (Phi) is 4.26. The molecule has 1 N–H and O–H groups in total. The first-order valence-electron chi connectivity index (χ1n) is 5.09. The zero-order chi connectivity index (χ0) is 12.2. The van der Waals surface area contributed by atoms with Gasteiger partial charge in [-0.1, -0.05) is 24.3 Å². The third-order valence-electron chi connectivity index (χ3n) is 2.33. The molecule has 88 valence electrons. The molecule has 0 bridgehead atoms. The van der Waals surface area contributed by atoms with Crippen molar-refractivity contribution >= 4 is 9.84 Å². The van der Waals surface area contributed by atoms with E-state index in [-0.39, 0.29) is 16.4 Å². The van der Waals surface area contributed by atoms with E-state index in [4.69, 9.17) is 5.11 Å². The second-order valence-electron chi connectivity index (χ2n) is 3.68. The van der Waals surface area contributed by atoms with Gasteiger partial charge in [-0.3, -0.25) is 0 Å². The summed E-state index contributed by atoms with van der Waals surface area (Å²) >= 11 is 0. The maximum atomic E-state index is 12.0. The van der Waals surface area contributed by atoms with Crippen molar-refractivity contribution in [2.75, 3.05) is 6.61 Å². The van der Waals surface area contributed by atoms with Crippen LogP contribution in [-0.2, 0) is 9.84 Å². The van der Waals surface area contributed by atoms with Crippen LogP contribution in [0.4, 0.5) is 0 Å². The third-order valence-corrected chi connectivity index (χ3v) is 4.18. The third kappa shape index (κ3) is 2.93. The van der Waals surface area contributed by atoms with Gasteiger partial charge in [-0.2, -0.15) is 0 Å². The SMILES string of the molecule is C=C(CCCO)S(=O)(=O)c1ccc(C)cc1. The molecule has 0 unspecified atom stereocenters. The minimum absolute atomic E-state index is 0.0254. The van der Waals surface area contributed by atoms with E-state index in [1.807, 2.05) is 6.92 Å². The first-order chi connectivity index (χ1) is 7.48. The van der Waals surface area contributed by atoms with Gasteiger partial charge in [0, 0.05) is 11.5 Å². The maximum Gasteiger partial charge on any atom is 0.202 e. The van der Waals surface area contributed by atoms with Crippen LogP contribution in [0.5, 0.6) is 0 Å². The lowest BCUT2D eigenvalue weighted by molar-refractivity contribution is 0.289.